The summed E-state index contributed by atoms with van der Waals surface area (Å²) in [7, 11) is -0.290. The highest BCUT2D eigenvalue weighted by Crippen LogP contribution is 2.22. The maximum atomic E-state index is 12.8. The Kier molecular flexibility index (Phi) is 6.11. The van der Waals surface area contributed by atoms with Gasteiger partial charge in [0.05, 0.1) is 10.9 Å². The molecule has 0 amide bonds. The molecule has 2 nitrogen and oxygen atoms in total. The second-order valence-corrected chi connectivity index (χ2v) is 6.65. The fourth-order valence-corrected chi connectivity index (χ4v) is 2.88. The molecule has 0 radical (unpaired) electrons. The SMILES string of the molecule is CN1CCC(Oc2ccc(CCS(F)=C(F)F)cc2)CC1. The predicted octanol–water partition coefficient (Wildman–Crippen LogP) is 3.88. The Morgan fingerprint density at radius 2 is 1.86 bits per heavy atom. The minimum Gasteiger partial charge on any atom is -0.490 e. The van der Waals surface area contributed by atoms with Gasteiger partial charge in [0.2, 0.25) is 0 Å². The molecule has 1 fully saturated rings. The lowest BCUT2D eigenvalue weighted by atomic mass is 10.1. The number of piperidine rings is 1. The quantitative estimate of drug-likeness (QED) is 0.603. The number of hydrogen-bond donors (Lipinski definition) is 0. The van der Waals surface area contributed by atoms with Crippen molar-refractivity contribution in [1.29, 1.82) is 0 Å². The molecule has 118 valence electrons. The molecule has 2 rings (SSSR count). The molecule has 21 heavy (non-hydrogen) atoms. The topological polar surface area (TPSA) is 12.5 Å². The lowest BCUT2D eigenvalue weighted by Crippen LogP contribution is -2.35. The third kappa shape index (κ3) is 5.36. The molecular weight excluding hydrogens is 299 g/mol. The highest BCUT2D eigenvalue weighted by molar-refractivity contribution is 8.11. The van der Waals surface area contributed by atoms with Gasteiger partial charge in [0.25, 0.3) is 0 Å². The van der Waals surface area contributed by atoms with E-state index in [0.717, 1.165) is 37.2 Å². The summed E-state index contributed by atoms with van der Waals surface area (Å²) in [5.74, 6) is 0.633. The van der Waals surface area contributed by atoms with Gasteiger partial charge in [0, 0.05) is 18.8 Å². The minimum atomic E-state index is -2.39. The largest absolute Gasteiger partial charge is 0.490 e. The maximum Gasteiger partial charge on any atom is 0.323 e. The molecule has 6 heteroatoms. The molecule has 0 N–H and O–H groups in total. The zero-order valence-corrected chi connectivity index (χ0v) is 12.8. The zero-order chi connectivity index (χ0) is 15.2. The first-order valence-corrected chi connectivity index (χ1v) is 8.33. The van der Waals surface area contributed by atoms with Crippen LogP contribution in [0.15, 0.2) is 24.3 Å². The van der Waals surface area contributed by atoms with Gasteiger partial charge in [0.1, 0.15) is 11.9 Å². The van der Waals surface area contributed by atoms with Crippen molar-refractivity contribution < 1.29 is 17.4 Å². The van der Waals surface area contributed by atoms with Crippen LogP contribution in [0.3, 0.4) is 0 Å². The summed E-state index contributed by atoms with van der Waals surface area (Å²) in [6.45, 7) is 2.07. The molecule has 1 atom stereocenters. The van der Waals surface area contributed by atoms with E-state index in [1.807, 2.05) is 24.3 Å². The third-order valence-corrected chi connectivity index (χ3v) is 4.53. The van der Waals surface area contributed by atoms with E-state index in [1.165, 1.54) is 0 Å². The van der Waals surface area contributed by atoms with E-state index in [0.29, 0.717) is 6.42 Å². The van der Waals surface area contributed by atoms with Crippen LogP contribution in [-0.2, 0) is 6.42 Å². The van der Waals surface area contributed by atoms with Crippen LogP contribution in [0.1, 0.15) is 18.4 Å². The van der Waals surface area contributed by atoms with E-state index in [9.17, 15) is 12.7 Å². The van der Waals surface area contributed by atoms with Crippen LogP contribution in [0.2, 0.25) is 0 Å². The summed E-state index contributed by atoms with van der Waals surface area (Å²) in [6, 6.07) is 7.30. The summed E-state index contributed by atoms with van der Waals surface area (Å²) >= 11 is 0. The first kappa shape index (κ1) is 16.4. The molecule has 0 bridgehead atoms. The Balaban J connectivity index is 1.83. The molecule has 1 aromatic carbocycles. The molecule has 1 heterocycles. The zero-order valence-electron chi connectivity index (χ0n) is 12.0. The van der Waals surface area contributed by atoms with Gasteiger partial charge in [-0.15, -0.1) is 0 Å². The van der Waals surface area contributed by atoms with Gasteiger partial charge < -0.3 is 9.64 Å². The van der Waals surface area contributed by atoms with Crippen LogP contribution >= 0.6 is 10.9 Å². The Morgan fingerprint density at radius 1 is 1.24 bits per heavy atom. The summed E-state index contributed by atoms with van der Waals surface area (Å²) < 4.78 is 42.8. The predicted molar refractivity (Wildman–Crippen MR) is 82.1 cm³/mol. The molecule has 1 aliphatic rings. The van der Waals surface area contributed by atoms with Crippen molar-refractivity contribution in [3.05, 3.63) is 29.8 Å². The average molecular weight is 319 g/mol. The second-order valence-electron chi connectivity index (χ2n) is 5.27. The van der Waals surface area contributed by atoms with Crippen molar-refractivity contribution in [2.45, 2.75) is 25.4 Å². The van der Waals surface area contributed by atoms with Gasteiger partial charge in [-0.25, -0.2) is 0 Å². The smallest absolute Gasteiger partial charge is 0.323 e. The van der Waals surface area contributed by atoms with Crippen molar-refractivity contribution in [3.8, 4) is 5.75 Å². The summed E-state index contributed by atoms with van der Waals surface area (Å²) in [5, 5.41) is -2.11. The molecule has 1 saturated heterocycles. The second kappa shape index (κ2) is 7.84. The number of ether oxygens (including phenoxy) is 1. The fourth-order valence-electron chi connectivity index (χ4n) is 2.31. The highest BCUT2D eigenvalue weighted by Gasteiger charge is 2.17. The van der Waals surface area contributed by atoms with E-state index < -0.39 is 16.2 Å². The molecule has 1 aliphatic heterocycles. The number of aryl methyl sites for hydroxylation is 1. The van der Waals surface area contributed by atoms with Gasteiger partial charge in [-0.1, -0.05) is 12.1 Å². The van der Waals surface area contributed by atoms with Crippen LogP contribution in [-0.4, -0.2) is 42.3 Å². The van der Waals surface area contributed by atoms with E-state index in [2.05, 4.69) is 11.9 Å². The van der Waals surface area contributed by atoms with Crippen molar-refractivity contribution in [3.63, 3.8) is 0 Å². The number of halogens is 3. The first-order valence-electron chi connectivity index (χ1n) is 7.04. The first-order chi connectivity index (χ1) is 10.0. The summed E-state index contributed by atoms with van der Waals surface area (Å²) in [4.78, 5) is 2.28. The molecule has 0 aliphatic carbocycles. The Morgan fingerprint density at radius 3 is 2.43 bits per heavy atom. The average Bonchev–Trinajstić information content (AvgIpc) is 2.48. The van der Waals surface area contributed by atoms with Crippen molar-refractivity contribution >= 4 is 16.2 Å². The van der Waals surface area contributed by atoms with Gasteiger partial charge in [-0.2, -0.15) is 12.7 Å². The molecule has 0 spiro atoms. The normalized spacial score (nSPS) is 18.5. The maximum absolute atomic E-state index is 12.8. The lowest BCUT2D eigenvalue weighted by Gasteiger charge is -2.29. The van der Waals surface area contributed by atoms with E-state index in [-0.39, 0.29) is 11.9 Å². The van der Waals surface area contributed by atoms with Gasteiger partial charge >= 0.3 is 5.37 Å². The van der Waals surface area contributed by atoms with Crippen LogP contribution < -0.4 is 4.74 Å². The van der Waals surface area contributed by atoms with Gasteiger partial charge in [0.15, 0.2) is 0 Å². The van der Waals surface area contributed by atoms with Crippen LogP contribution in [0.25, 0.3) is 0 Å². The van der Waals surface area contributed by atoms with E-state index in [4.69, 9.17) is 4.74 Å². The standard InChI is InChI=1S/C15H20F3NOS/c1-19-9-6-14(7-10-19)20-13-4-2-12(3-5-13)8-11-21(18)15(16)17/h2-5,14H,6-11H2,1H3. The molecule has 0 saturated carbocycles. The molecule has 1 aromatic rings. The van der Waals surface area contributed by atoms with Crippen LogP contribution in [0.5, 0.6) is 5.75 Å². The molecule has 1 unspecified atom stereocenters. The minimum absolute atomic E-state index is 0.155. The van der Waals surface area contributed by atoms with Gasteiger partial charge in [-0.05, 0) is 44.0 Å². The van der Waals surface area contributed by atoms with Crippen molar-refractivity contribution in [2.24, 2.45) is 0 Å². The van der Waals surface area contributed by atoms with Crippen LogP contribution in [0.4, 0.5) is 12.7 Å². The molecular formula is C15H20F3NOS. The number of nitrogens with zero attached hydrogens (tertiary/aromatic N) is 1. The Hall–Kier alpha value is -1.01. The summed E-state index contributed by atoms with van der Waals surface area (Å²) in [6.07, 6.45) is 2.56. The number of rotatable bonds is 5. The van der Waals surface area contributed by atoms with E-state index in [1.54, 1.807) is 0 Å². The van der Waals surface area contributed by atoms with Gasteiger partial charge in [-0.3, -0.25) is 0 Å². The van der Waals surface area contributed by atoms with Crippen molar-refractivity contribution in [2.75, 3.05) is 25.9 Å². The van der Waals surface area contributed by atoms with E-state index >= 15 is 0 Å². The summed E-state index contributed by atoms with van der Waals surface area (Å²) in [5.41, 5.74) is 0.849. The lowest BCUT2D eigenvalue weighted by molar-refractivity contribution is 0.114. The number of hydrogen-bond acceptors (Lipinski definition) is 2. The number of likely N-dealkylation sites (tertiary alicyclic amines) is 1. The van der Waals surface area contributed by atoms with Crippen molar-refractivity contribution in [1.82, 2.24) is 4.90 Å². The number of benzene rings is 1. The fraction of sp³-hybridized carbons (Fsp3) is 0.533. The Labute approximate surface area is 126 Å². The monoisotopic (exact) mass is 319 g/mol. The highest BCUT2D eigenvalue weighted by atomic mass is 32.2. The third-order valence-electron chi connectivity index (χ3n) is 3.63. The van der Waals surface area contributed by atoms with Crippen LogP contribution in [0, 0.1) is 0 Å². The molecule has 0 aromatic heterocycles. The Bertz CT molecular complexity index is 480.